The zero-order valence-electron chi connectivity index (χ0n) is 7.31. The molecule has 0 unspecified atom stereocenters. The monoisotopic (exact) mass is 253 g/mol. The molecule has 72 valence electrons. The van der Waals surface area contributed by atoms with Crippen molar-refractivity contribution in [2.75, 3.05) is 5.33 Å². The van der Waals surface area contributed by atoms with Crippen molar-refractivity contribution in [3.8, 4) is 6.07 Å². The van der Waals surface area contributed by atoms with E-state index in [1.165, 1.54) is 0 Å². The van der Waals surface area contributed by atoms with Crippen LogP contribution < -0.4 is 0 Å². The van der Waals surface area contributed by atoms with Crippen molar-refractivity contribution in [1.82, 2.24) is 0 Å². The number of alkyl halides is 1. The highest BCUT2D eigenvalue weighted by Gasteiger charge is 2.14. The van der Waals surface area contributed by atoms with E-state index in [-0.39, 0.29) is 5.33 Å². The predicted molar refractivity (Wildman–Crippen MR) is 54.7 cm³/mol. The van der Waals surface area contributed by atoms with E-state index in [0.29, 0.717) is 5.56 Å². The number of carbonyl (C=O) groups is 1. The normalized spacial score (nSPS) is 11.4. The Morgan fingerprint density at radius 3 is 2.64 bits per heavy atom. The lowest BCUT2D eigenvalue weighted by Gasteiger charge is -2.09. The maximum Gasteiger partial charge on any atom is 0.318 e. The minimum atomic E-state index is -0.818. The van der Waals surface area contributed by atoms with Crippen LogP contribution in [0.3, 0.4) is 0 Å². The number of halogens is 1. The van der Waals surface area contributed by atoms with Gasteiger partial charge in [-0.05, 0) is 0 Å². The number of benzene rings is 1. The maximum atomic E-state index is 10.9. The second kappa shape index (κ2) is 5.40. The summed E-state index contributed by atoms with van der Waals surface area (Å²) in [5.41, 5.74) is 0.685. The fourth-order valence-electron chi connectivity index (χ4n) is 0.960. The maximum absolute atomic E-state index is 10.9. The zero-order chi connectivity index (χ0) is 10.4. The molecule has 4 heteroatoms. The quantitative estimate of drug-likeness (QED) is 0.613. The summed E-state index contributed by atoms with van der Waals surface area (Å²) in [5.74, 6) is -0.444. The lowest BCUT2D eigenvalue weighted by atomic mass is 10.1. The van der Waals surface area contributed by atoms with Gasteiger partial charge in [-0.2, -0.15) is 5.26 Å². The third kappa shape index (κ3) is 2.86. The molecule has 0 N–H and O–H groups in total. The van der Waals surface area contributed by atoms with Crippen molar-refractivity contribution < 1.29 is 9.53 Å². The van der Waals surface area contributed by atoms with Gasteiger partial charge < -0.3 is 4.74 Å². The Labute approximate surface area is 90.4 Å². The largest absolute Gasteiger partial charge is 0.441 e. The molecular formula is C10H8BrNO2. The number of nitrogens with zero attached hydrogens (tertiary/aromatic N) is 1. The summed E-state index contributed by atoms with van der Waals surface area (Å²) in [6, 6.07) is 10.8. The minimum Gasteiger partial charge on any atom is -0.441 e. The highest BCUT2D eigenvalue weighted by Crippen LogP contribution is 2.16. The molecule has 14 heavy (non-hydrogen) atoms. The Balaban J connectivity index is 2.74. The number of rotatable bonds is 3. The standard InChI is InChI=1S/C10H8BrNO2/c11-6-10(13)14-9(7-12)8-4-2-1-3-5-8/h1-5,9H,6H2/t9-/m0/s1. The topological polar surface area (TPSA) is 50.1 Å². The van der Waals surface area contributed by atoms with Gasteiger partial charge in [-0.15, -0.1) is 0 Å². The summed E-state index contributed by atoms with van der Waals surface area (Å²) >= 11 is 2.96. The third-order valence-electron chi connectivity index (χ3n) is 1.58. The number of nitriles is 1. The van der Waals surface area contributed by atoms with Crippen LogP contribution in [-0.4, -0.2) is 11.3 Å². The van der Waals surface area contributed by atoms with Crippen LogP contribution in [0, 0.1) is 11.3 Å². The number of hydrogen-bond acceptors (Lipinski definition) is 3. The Hall–Kier alpha value is -1.34. The van der Waals surface area contributed by atoms with Crippen molar-refractivity contribution in [2.24, 2.45) is 0 Å². The fourth-order valence-corrected chi connectivity index (χ4v) is 1.09. The van der Waals surface area contributed by atoms with Gasteiger partial charge in [0.05, 0.1) is 0 Å². The molecule has 0 saturated heterocycles. The number of ether oxygens (including phenoxy) is 1. The molecular weight excluding hydrogens is 246 g/mol. The Morgan fingerprint density at radius 2 is 2.14 bits per heavy atom. The second-order valence-corrected chi connectivity index (χ2v) is 3.10. The molecule has 1 atom stereocenters. The summed E-state index contributed by atoms with van der Waals surface area (Å²) in [6.07, 6.45) is -0.818. The molecule has 0 fully saturated rings. The lowest BCUT2D eigenvalue weighted by molar-refractivity contribution is -0.143. The molecule has 0 saturated carbocycles. The molecule has 0 spiro atoms. The van der Waals surface area contributed by atoms with Crippen molar-refractivity contribution in [3.63, 3.8) is 0 Å². The highest BCUT2D eigenvalue weighted by molar-refractivity contribution is 9.09. The van der Waals surface area contributed by atoms with Crippen molar-refractivity contribution in [3.05, 3.63) is 35.9 Å². The number of hydrogen-bond donors (Lipinski definition) is 0. The number of carbonyl (C=O) groups excluding carboxylic acids is 1. The average Bonchev–Trinajstić information content (AvgIpc) is 2.26. The van der Waals surface area contributed by atoms with E-state index in [9.17, 15) is 4.79 Å². The van der Waals surface area contributed by atoms with Crippen LogP contribution >= 0.6 is 15.9 Å². The molecule has 1 aromatic rings. The summed E-state index contributed by atoms with van der Waals surface area (Å²) in [6.45, 7) is 0. The summed E-state index contributed by atoms with van der Waals surface area (Å²) < 4.78 is 4.89. The van der Waals surface area contributed by atoms with E-state index in [1.807, 2.05) is 12.1 Å². The Morgan fingerprint density at radius 1 is 1.50 bits per heavy atom. The Bertz CT molecular complexity index is 345. The smallest absolute Gasteiger partial charge is 0.318 e. The van der Waals surface area contributed by atoms with Crippen LogP contribution in [-0.2, 0) is 9.53 Å². The van der Waals surface area contributed by atoms with Crippen LogP contribution in [0.4, 0.5) is 0 Å². The van der Waals surface area contributed by atoms with Gasteiger partial charge in [0.15, 0.2) is 0 Å². The molecule has 0 bridgehead atoms. The minimum absolute atomic E-state index is 0.0953. The van der Waals surface area contributed by atoms with Crippen LogP contribution in [0.1, 0.15) is 11.7 Å². The second-order valence-electron chi connectivity index (χ2n) is 2.54. The van der Waals surface area contributed by atoms with E-state index in [2.05, 4.69) is 15.9 Å². The first-order chi connectivity index (χ1) is 6.77. The molecule has 0 aliphatic carbocycles. The van der Waals surface area contributed by atoms with Gasteiger partial charge in [-0.25, -0.2) is 0 Å². The first-order valence-corrected chi connectivity index (χ1v) is 5.10. The van der Waals surface area contributed by atoms with Crippen LogP contribution in [0.25, 0.3) is 0 Å². The summed E-state index contributed by atoms with van der Waals surface area (Å²) in [5, 5.41) is 8.88. The molecule has 0 aromatic heterocycles. The van der Waals surface area contributed by atoms with Gasteiger partial charge in [-0.1, -0.05) is 46.3 Å². The van der Waals surface area contributed by atoms with E-state index in [0.717, 1.165) is 0 Å². The van der Waals surface area contributed by atoms with E-state index >= 15 is 0 Å². The van der Waals surface area contributed by atoms with Gasteiger partial charge in [0.1, 0.15) is 11.4 Å². The van der Waals surface area contributed by atoms with Gasteiger partial charge in [0.2, 0.25) is 6.10 Å². The third-order valence-corrected chi connectivity index (χ3v) is 2.04. The molecule has 0 heterocycles. The lowest BCUT2D eigenvalue weighted by Crippen LogP contribution is -2.10. The summed E-state index contributed by atoms with van der Waals surface area (Å²) in [4.78, 5) is 10.9. The van der Waals surface area contributed by atoms with Crippen molar-refractivity contribution in [2.45, 2.75) is 6.10 Å². The van der Waals surface area contributed by atoms with Gasteiger partial charge in [0, 0.05) is 5.56 Å². The van der Waals surface area contributed by atoms with Gasteiger partial charge in [-0.3, -0.25) is 4.79 Å². The van der Waals surface area contributed by atoms with Crippen LogP contribution in [0.5, 0.6) is 0 Å². The van der Waals surface area contributed by atoms with Gasteiger partial charge >= 0.3 is 5.97 Å². The molecule has 3 nitrogen and oxygen atoms in total. The van der Waals surface area contributed by atoms with Crippen molar-refractivity contribution in [1.29, 1.82) is 5.26 Å². The predicted octanol–water partition coefficient (Wildman–Crippen LogP) is 2.19. The Kier molecular flexibility index (Phi) is 4.14. The van der Waals surface area contributed by atoms with E-state index in [4.69, 9.17) is 10.00 Å². The molecule has 0 aliphatic rings. The van der Waals surface area contributed by atoms with E-state index < -0.39 is 12.1 Å². The fraction of sp³-hybridized carbons (Fsp3) is 0.200. The molecule has 0 radical (unpaired) electrons. The highest BCUT2D eigenvalue weighted by atomic mass is 79.9. The SMILES string of the molecule is N#C[C@H](OC(=O)CBr)c1ccccc1. The van der Waals surface area contributed by atoms with E-state index in [1.54, 1.807) is 24.3 Å². The summed E-state index contributed by atoms with van der Waals surface area (Å²) in [7, 11) is 0. The molecule has 0 amide bonds. The van der Waals surface area contributed by atoms with Crippen LogP contribution in [0.2, 0.25) is 0 Å². The first kappa shape index (κ1) is 10.7. The van der Waals surface area contributed by atoms with Crippen LogP contribution in [0.15, 0.2) is 30.3 Å². The number of esters is 1. The molecule has 1 rings (SSSR count). The molecule has 0 aliphatic heterocycles. The van der Waals surface area contributed by atoms with Crippen molar-refractivity contribution >= 4 is 21.9 Å². The average molecular weight is 254 g/mol. The molecule has 1 aromatic carbocycles. The zero-order valence-corrected chi connectivity index (χ0v) is 8.90. The first-order valence-electron chi connectivity index (χ1n) is 3.98. The van der Waals surface area contributed by atoms with Gasteiger partial charge in [0.25, 0.3) is 0 Å².